The van der Waals surface area contributed by atoms with Gasteiger partial charge in [-0.15, -0.1) is 0 Å². The van der Waals surface area contributed by atoms with Crippen molar-refractivity contribution in [3.8, 4) is 11.3 Å². The Hall–Kier alpha value is -3.79. The van der Waals surface area contributed by atoms with Gasteiger partial charge in [-0.2, -0.15) is 0 Å². The first-order valence-corrected chi connectivity index (χ1v) is 10.8. The van der Waals surface area contributed by atoms with E-state index in [0.717, 1.165) is 28.6 Å². The third kappa shape index (κ3) is 4.75. The molecule has 0 unspecified atom stereocenters. The van der Waals surface area contributed by atoms with Crippen LogP contribution in [0.25, 0.3) is 22.2 Å². The van der Waals surface area contributed by atoms with Gasteiger partial charge < -0.3 is 5.32 Å². The zero-order chi connectivity index (χ0) is 22.7. The highest BCUT2D eigenvalue weighted by molar-refractivity contribution is 6.13. The summed E-state index contributed by atoms with van der Waals surface area (Å²) in [5.74, 6) is 0.317. The van der Waals surface area contributed by atoms with Gasteiger partial charge in [-0.05, 0) is 49.1 Å². The number of nitrogens with one attached hydrogen (secondary N) is 1. The van der Waals surface area contributed by atoms with Crippen molar-refractivity contribution >= 4 is 28.3 Å². The molecule has 0 spiro atoms. The molecular weight excluding hydrogens is 396 g/mol. The number of carbonyl (C=O) groups excluding carboxylic acids is 2. The van der Waals surface area contributed by atoms with Gasteiger partial charge in [0.05, 0.1) is 16.8 Å². The minimum Gasteiger partial charge on any atom is -0.322 e. The Morgan fingerprint density at radius 1 is 0.906 bits per heavy atom. The molecule has 0 aliphatic heterocycles. The molecule has 0 aliphatic rings. The van der Waals surface area contributed by atoms with Crippen LogP contribution in [0, 0.1) is 5.92 Å². The van der Waals surface area contributed by atoms with E-state index in [1.54, 1.807) is 24.3 Å². The Bertz CT molecular complexity index is 1290. The van der Waals surface area contributed by atoms with E-state index in [1.807, 2.05) is 30.3 Å². The monoisotopic (exact) mass is 422 g/mol. The van der Waals surface area contributed by atoms with Crippen LogP contribution in [0.2, 0.25) is 0 Å². The molecule has 0 saturated carbocycles. The number of anilines is 1. The van der Waals surface area contributed by atoms with Gasteiger partial charge in [-0.1, -0.05) is 68.4 Å². The standard InChI is InChI=1S/C28H26N2O2/c1-18(2)15-20-11-13-21(14-12-20)27-17-25(24-9-4-5-10-26(24)30-27)28(32)29-23-8-6-7-22(16-23)19(3)31/h4-14,16-18H,15H2,1-3H3,(H,29,32). The van der Waals surface area contributed by atoms with E-state index in [9.17, 15) is 9.59 Å². The van der Waals surface area contributed by atoms with Gasteiger partial charge >= 0.3 is 0 Å². The molecule has 4 nitrogen and oxygen atoms in total. The minimum absolute atomic E-state index is 0.0429. The SMILES string of the molecule is CC(=O)c1cccc(NC(=O)c2cc(-c3ccc(CC(C)C)cc3)nc3ccccc23)c1. The van der Waals surface area contributed by atoms with Crippen LogP contribution in [0.15, 0.2) is 78.9 Å². The topological polar surface area (TPSA) is 59.1 Å². The Kier molecular flexibility index (Phi) is 6.13. The molecule has 0 fully saturated rings. The van der Waals surface area contributed by atoms with Crippen LogP contribution in [0.3, 0.4) is 0 Å². The zero-order valence-corrected chi connectivity index (χ0v) is 18.6. The lowest BCUT2D eigenvalue weighted by atomic mass is 9.99. The van der Waals surface area contributed by atoms with Crippen LogP contribution in [-0.4, -0.2) is 16.7 Å². The molecule has 1 aromatic heterocycles. The maximum atomic E-state index is 13.2. The number of para-hydroxylation sites is 1. The molecule has 0 atom stereocenters. The van der Waals surface area contributed by atoms with E-state index >= 15 is 0 Å². The molecule has 4 heteroatoms. The highest BCUT2D eigenvalue weighted by atomic mass is 16.1. The minimum atomic E-state index is -0.234. The van der Waals surface area contributed by atoms with Crippen molar-refractivity contribution in [2.24, 2.45) is 5.92 Å². The molecule has 0 aliphatic carbocycles. The van der Waals surface area contributed by atoms with Gasteiger partial charge in [0.2, 0.25) is 0 Å². The van der Waals surface area contributed by atoms with Crippen molar-refractivity contribution in [1.29, 1.82) is 0 Å². The third-order valence-electron chi connectivity index (χ3n) is 5.38. The normalized spacial score (nSPS) is 11.0. The molecule has 0 bridgehead atoms. The number of fused-ring (bicyclic) bond motifs is 1. The van der Waals surface area contributed by atoms with Crippen molar-refractivity contribution in [3.05, 3.63) is 95.6 Å². The average Bonchev–Trinajstić information content (AvgIpc) is 2.78. The lowest BCUT2D eigenvalue weighted by Crippen LogP contribution is -2.13. The predicted octanol–water partition coefficient (Wildman–Crippen LogP) is 6.56. The largest absolute Gasteiger partial charge is 0.322 e. The maximum absolute atomic E-state index is 13.2. The highest BCUT2D eigenvalue weighted by Gasteiger charge is 2.15. The van der Waals surface area contributed by atoms with Gasteiger partial charge in [-0.25, -0.2) is 4.98 Å². The fourth-order valence-corrected chi connectivity index (χ4v) is 3.81. The lowest BCUT2D eigenvalue weighted by Gasteiger charge is -2.12. The molecule has 1 heterocycles. The summed E-state index contributed by atoms with van der Waals surface area (Å²) < 4.78 is 0. The third-order valence-corrected chi connectivity index (χ3v) is 5.38. The molecule has 0 saturated heterocycles. The molecule has 1 amide bonds. The first kappa shape index (κ1) is 21.4. The Morgan fingerprint density at radius 3 is 2.38 bits per heavy atom. The van der Waals surface area contributed by atoms with Crippen LogP contribution in [-0.2, 0) is 6.42 Å². The van der Waals surface area contributed by atoms with E-state index in [0.29, 0.717) is 22.7 Å². The van der Waals surface area contributed by atoms with Crippen molar-refractivity contribution in [2.45, 2.75) is 27.2 Å². The van der Waals surface area contributed by atoms with E-state index in [-0.39, 0.29) is 11.7 Å². The summed E-state index contributed by atoms with van der Waals surface area (Å²) in [4.78, 5) is 29.7. The molecule has 160 valence electrons. The number of hydrogen-bond acceptors (Lipinski definition) is 3. The Balaban J connectivity index is 1.71. The van der Waals surface area contributed by atoms with E-state index in [2.05, 4.69) is 43.4 Å². The first-order valence-electron chi connectivity index (χ1n) is 10.8. The van der Waals surface area contributed by atoms with Gasteiger partial charge in [-0.3, -0.25) is 9.59 Å². The van der Waals surface area contributed by atoms with E-state index in [4.69, 9.17) is 4.98 Å². The maximum Gasteiger partial charge on any atom is 0.256 e. The number of amides is 1. The number of aromatic nitrogens is 1. The number of rotatable bonds is 6. The molecule has 32 heavy (non-hydrogen) atoms. The fraction of sp³-hybridized carbons (Fsp3) is 0.179. The number of hydrogen-bond donors (Lipinski definition) is 1. The van der Waals surface area contributed by atoms with Crippen molar-refractivity contribution in [3.63, 3.8) is 0 Å². The Morgan fingerprint density at radius 2 is 1.66 bits per heavy atom. The van der Waals surface area contributed by atoms with Gasteiger partial charge in [0.15, 0.2) is 5.78 Å². The van der Waals surface area contributed by atoms with Gasteiger partial charge in [0.25, 0.3) is 5.91 Å². The summed E-state index contributed by atoms with van der Waals surface area (Å²) in [5.41, 5.74) is 5.46. The second-order valence-corrected chi connectivity index (χ2v) is 8.46. The van der Waals surface area contributed by atoms with E-state index in [1.165, 1.54) is 12.5 Å². The van der Waals surface area contributed by atoms with Crippen LogP contribution in [0.4, 0.5) is 5.69 Å². The number of ketones is 1. The number of Topliss-reactive ketones (excluding diaryl/α,β-unsaturated/α-hetero) is 1. The fourth-order valence-electron chi connectivity index (χ4n) is 3.81. The number of carbonyl (C=O) groups is 2. The van der Waals surface area contributed by atoms with Crippen LogP contribution in [0.5, 0.6) is 0 Å². The summed E-state index contributed by atoms with van der Waals surface area (Å²) in [6.07, 6.45) is 1.03. The van der Waals surface area contributed by atoms with Crippen LogP contribution < -0.4 is 5.32 Å². The van der Waals surface area contributed by atoms with Crippen molar-refractivity contribution in [1.82, 2.24) is 4.98 Å². The number of nitrogens with zero attached hydrogens (tertiary/aromatic N) is 1. The van der Waals surface area contributed by atoms with Crippen LogP contribution in [0.1, 0.15) is 47.1 Å². The van der Waals surface area contributed by atoms with Crippen molar-refractivity contribution in [2.75, 3.05) is 5.32 Å². The zero-order valence-electron chi connectivity index (χ0n) is 18.6. The second kappa shape index (κ2) is 9.15. The summed E-state index contributed by atoms with van der Waals surface area (Å²) in [7, 11) is 0. The summed E-state index contributed by atoms with van der Waals surface area (Å²) in [6.45, 7) is 5.92. The number of pyridine rings is 1. The number of benzene rings is 3. The smallest absolute Gasteiger partial charge is 0.256 e. The Labute approximate surface area is 188 Å². The molecule has 0 radical (unpaired) electrons. The van der Waals surface area contributed by atoms with E-state index < -0.39 is 0 Å². The molecular formula is C28H26N2O2. The first-order chi connectivity index (χ1) is 15.4. The van der Waals surface area contributed by atoms with Crippen molar-refractivity contribution < 1.29 is 9.59 Å². The molecule has 3 aromatic carbocycles. The summed E-state index contributed by atoms with van der Waals surface area (Å²) in [6, 6.07) is 24.8. The molecule has 4 rings (SSSR count). The van der Waals surface area contributed by atoms with Crippen LogP contribution >= 0.6 is 0 Å². The molecule has 4 aromatic rings. The summed E-state index contributed by atoms with van der Waals surface area (Å²) >= 11 is 0. The highest BCUT2D eigenvalue weighted by Crippen LogP contribution is 2.26. The predicted molar refractivity (Wildman–Crippen MR) is 130 cm³/mol. The van der Waals surface area contributed by atoms with Gasteiger partial charge in [0, 0.05) is 22.2 Å². The molecule has 1 N–H and O–H groups in total. The van der Waals surface area contributed by atoms with Gasteiger partial charge in [0.1, 0.15) is 0 Å². The quantitative estimate of drug-likeness (QED) is 0.358. The average molecular weight is 423 g/mol. The lowest BCUT2D eigenvalue weighted by molar-refractivity contribution is 0.101. The summed E-state index contributed by atoms with van der Waals surface area (Å²) in [5, 5.41) is 3.72. The second-order valence-electron chi connectivity index (χ2n) is 8.46.